The van der Waals surface area contributed by atoms with Crippen molar-refractivity contribution in [2.75, 3.05) is 5.32 Å². The summed E-state index contributed by atoms with van der Waals surface area (Å²) in [4.78, 5) is 21.7. The van der Waals surface area contributed by atoms with E-state index >= 15 is 0 Å². The van der Waals surface area contributed by atoms with Crippen molar-refractivity contribution in [1.82, 2.24) is 25.0 Å². The smallest absolute Gasteiger partial charge is 0.278 e. The molecule has 1 amide bonds. The first-order chi connectivity index (χ1) is 16.2. The van der Waals surface area contributed by atoms with Gasteiger partial charge in [-0.15, -0.1) is 5.10 Å². The van der Waals surface area contributed by atoms with E-state index in [1.54, 1.807) is 24.3 Å². The minimum atomic E-state index is -1.69. The summed E-state index contributed by atoms with van der Waals surface area (Å²) in [6, 6.07) is 10.2. The SMILES string of the molecule is Cc1cc(C)nc(SCc2c(C(=O)Nc3ccc(F)c(F)c3F)nnn2-c2ccc(Cl)cc2)n1. The van der Waals surface area contributed by atoms with E-state index in [-0.39, 0.29) is 11.4 Å². The second-order valence-corrected chi connectivity index (χ2v) is 8.55. The van der Waals surface area contributed by atoms with E-state index in [1.165, 1.54) is 16.4 Å². The van der Waals surface area contributed by atoms with Gasteiger partial charge in [0.05, 0.1) is 17.1 Å². The fourth-order valence-corrected chi connectivity index (χ4v) is 4.16. The Hall–Kier alpha value is -3.44. The van der Waals surface area contributed by atoms with Gasteiger partial charge in [-0.05, 0) is 56.3 Å². The molecule has 12 heteroatoms. The van der Waals surface area contributed by atoms with Crippen LogP contribution in [0.3, 0.4) is 0 Å². The van der Waals surface area contributed by atoms with Gasteiger partial charge >= 0.3 is 0 Å². The second-order valence-electron chi connectivity index (χ2n) is 7.17. The molecule has 2 aromatic carbocycles. The lowest BCUT2D eigenvalue weighted by molar-refractivity contribution is 0.102. The molecule has 4 aromatic rings. The molecule has 174 valence electrons. The first kappa shape index (κ1) is 23.7. The van der Waals surface area contributed by atoms with Crippen molar-refractivity contribution in [3.05, 3.63) is 87.7 Å². The first-order valence-corrected chi connectivity index (χ1v) is 11.2. The van der Waals surface area contributed by atoms with Gasteiger partial charge in [0.25, 0.3) is 5.91 Å². The zero-order valence-electron chi connectivity index (χ0n) is 17.8. The average Bonchev–Trinajstić information content (AvgIpc) is 3.22. The van der Waals surface area contributed by atoms with Gasteiger partial charge in [0.15, 0.2) is 28.3 Å². The maximum absolute atomic E-state index is 14.1. The van der Waals surface area contributed by atoms with Crippen LogP contribution in [0.25, 0.3) is 5.69 Å². The normalized spacial score (nSPS) is 11.0. The molecular formula is C22H16ClF3N6OS. The zero-order valence-corrected chi connectivity index (χ0v) is 19.4. The average molecular weight is 505 g/mol. The molecule has 0 atom stereocenters. The minimum Gasteiger partial charge on any atom is -0.318 e. The molecule has 2 aromatic heterocycles. The van der Waals surface area contributed by atoms with Crippen molar-refractivity contribution in [3.8, 4) is 5.69 Å². The Bertz CT molecular complexity index is 1360. The molecule has 0 saturated carbocycles. The number of aromatic nitrogens is 5. The number of aryl methyl sites for hydroxylation is 2. The number of halogens is 4. The van der Waals surface area contributed by atoms with Gasteiger partial charge < -0.3 is 5.32 Å². The number of nitrogens with one attached hydrogen (secondary N) is 1. The maximum atomic E-state index is 14.1. The molecule has 0 unspecified atom stereocenters. The number of benzene rings is 2. The molecule has 2 heterocycles. The predicted octanol–water partition coefficient (Wildman–Crippen LogP) is 5.29. The number of carbonyl (C=O) groups excluding carboxylic acids is 1. The molecule has 0 spiro atoms. The number of anilines is 1. The molecule has 0 radical (unpaired) electrons. The highest BCUT2D eigenvalue weighted by Gasteiger charge is 2.23. The summed E-state index contributed by atoms with van der Waals surface area (Å²) in [7, 11) is 0. The van der Waals surface area contributed by atoms with E-state index in [4.69, 9.17) is 11.6 Å². The first-order valence-electron chi connectivity index (χ1n) is 9.83. The lowest BCUT2D eigenvalue weighted by Gasteiger charge is -2.10. The summed E-state index contributed by atoms with van der Waals surface area (Å²) in [5.41, 5.74) is 1.84. The lowest BCUT2D eigenvalue weighted by atomic mass is 10.2. The van der Waals surface area contributed by atoms with Crippen LogP contribution >= 0.6 is 23.4 Å². The van der Waals surface area contributed by atoms with Crippen LogP contribution in [0.1, 0.15) is 27.6 Å². The predicted molar refractivity (Wildman–Crippen MR) is 122 cm³/mol. The largest absolute Gasteiger partial charge is 0.318 e. The summed E-state index contributed by atoms with van der Waals surface area (Å²) in [6.07, 6.45) is 0. The molecule has 0 aliphatic rings. The Morgan fingerprint density at radius 3 is 2.38 bits per heavy atom. The van der Waals surface area contributed by atoms with Gasteiger partial charge in [-0.1, -0.05) is 28.6 Å². The number of rotatable bonds is 6. The highest BCUT2D eigenvalue weighted by atomic mass is 35.5. The maximum Gasteiger partial charge on any atom is 0.278 e. The van der Waals surface area contributed by atoms with Gasteiger partial charge in [0.2, 0.25) is 0 Å². The number of amides is 1. The Morgan fingerprint density at radius 1 is 1.03 bits per heavy atom. The standard InChI is InChI=1S/C22H16ClF3N6OS/c1-11-9-12(2)28-22(27-11)34-10-17-20(30-31-32(17)14-5-3-13(23)4-6-14)21(33)29-16-8-7-15(24)18(25)19(16)26/h3-9H,10H2,1-2H3,(H,29,33). The second kappa shape index (κ2) is 9.82. The van der Waals surface area contributed by atoms with Crippen molar-refractivity contribution in [2.24, 2.45) is 0 Å². The molecule has 0 fully saturated rings. The fourth-order valence-electron chi connectivity index (χ4n) is 3.09. The van der Waals surface area contributed by atoms with Gasteiger partial charge in [0, 0.05) is 22.2 Å². The van der Waals surface area contributed by atoms with Crippen LogP contribution in [-0.2, 0) is 5.75 Å². The third-order valence-electron chi connectivity index (χ3n) is 4.63. The molecule has 0 saturated heterocycles. The van der Waals surface area contributed by atoms with Crippen LogP contribution in [0.15, 0.2) is 47.6 Å². The van der Waals surface area contributed by atoms with Crippen molar-refractivity contribution >= 4 is 35.0 Å². The summed E-state index contributed by atoms with van der Waals surface area (Å²) in [6.45, 7) is 3.68. The monoisotopic (exact) mass is 504 g/mol. The number of hydrogen-bond donors (Lipinski definition) is 1. The van der Waals surface area contributed by atoms with E-state index in [0.29, 0.717) is 27.6 Å². The molecular weight excluding hydrogens is 489 g/mol. The third kappa shape index (κ3) is 5.05. The van der Waals surface area contributed by atoms with E-state index < -0.39 is 29.0 Å². The fraction of sp³-hybridized carbons (Fsp3) is 0.136. The van der Waals surface area contributed by atoms with Crippen LogP contribution in [0.2, 0.25) is 5.02 Å². The minimum absolute atomic E-state index is 0.129. The van der Waals surface area contributed by atoms with Crippen LogP contribution in [0, 0.1) is 31.3 Å². The van der Waals surface area contributed by atoms with Crippen molar-refractivity contribution in [1.29, 1.82) is 0 Å². The van der Waals surface area contributed by atoms with Crippen LogP contribution in [0.4, 0.5) is 18.9 Å². The topological polar surface area (TPSA) is 85.6 Å². The van der Waals surface area contributed by atoms with Crippen LogP contribution in [0.5, 0.6) is 0 Å². The number of carbonyl (C=O) groups is 1. The molecule has 4 rings (SSSR count). The number of hydrogen-bond acceptors (Lipinski definition) is 6. The van der Waals surface area contributed by atoms with Crippen molar-refractivity contribution in [3.63, 3.8) is 0 Å². The number of nitrogens with zero attached hydrogens (tertiary/aromatic N) is 5. The Morgan fingerprint density at radius 2 is 1.71 bits per heavy atom. The van der Waals surface area contributed by atoms with Crippen molar-refractivity contribution in [2.45, 2.75) is 24.8 Å². The van der Waals surface area contributed by atoms with E-state index in [2.05, 4.69) is 25.6 Å². The van der Waals surface area contributed by atoms with Gasteiger partial charge in [-0.3, -0.25) is 4.79 Å². The van der Waals surface area contributed by atoms with Crippen LogP contribution < -0.4 is 5.32 Å². The Kier molecular flexibility index (Phi) is 6.85. The quantitative estimate of drug-likeness (QED) is 0.218. The lowest BCUT2D eigenvalue weighted by Crippen LogP contribution is -2.17. The molecule has 0 bridgehead atoms. The Labute approximate surface area is 201 Å². The highest BCUT2D eigenvalue weighted by Crippen LogP contribution is 2.26. The summed E-state index contributed by atoms with van der Waals surface area (Å²) < 4.78 is 42.4. The summed E-state index contributed by atoms with van der Waals surface area (Å²) in [5.74, 6) is -5.23. The van der Waals surface area contributed by atoms with E-state index in [9.17, 15) is 18.0 Å². The zero-order chi connectivity index (χ0) is 24.4. The highest BCUT2D eigenvalue weighted by molar-refractivity contribution is 7.98. The third-order valence-corrected chi connectivity index (χ3v) is 5.74. The Balaban J connectivity index is 1.69. The van der Waals surface area contributed by atoms with E-state index in [0.717, 1.165) is 17.5 Å². The molecule has 34 heavy (non-hydrogen) atoms. The van der Waals surface area contributed by atoms with Gasteiger partial charge in [-0.25, -0.2) is 27.8 Å². The summed E-state index contributed by atoms with van der Waals surface area (Å²) >= 11 is 7.22. The van der Waals surface area contributed by atoms with E-state index in [1.807, 2.05) is 19.9 Å². The summed E-state index contributed by atoms with van der Waals surface area (Å²) in [5, 5.41) is 11.2. The molecule has 1 N–H and O–H groups in total. The van der Waals surface area contributed by atoms with Gasteiger partial charge in [-0.2, -0.15) is 0 Å². The molecule has 0 aliphatic heterocycles. The number of thioether (sulfide) groups is 1. The van der Waals surface area contributed by atoms with Crippen molar-refractivity contribution < 1.29 is 18.0 Å². The molecule has 7 nitrogen and oxygen atoms in total. The van der Waals surface area contributed by atoms with Gasteiger partial charge in [0.1, 0.15) is 0 Å². The molecule has 0 aliphatic carbocycles. The van der Waals surface area contributed by atoms with Crippen LogP contribution in [-0.4, -0.2) is 30.9 Å².